The maximum atomic E-state index is 4.56. The number of allylic oxidation sites excluding steroid dienone is 2. The Kier molecular flexibility index (Phi) is 26.5. The topological polar surface area (TPSA) is 12.4 Å². The minimum Gasteiger partial charge on any atom is -0.235 e. The fourth-order valence-corrected chi connectivity index (χ4v) is 5.88. The zero-order valence-corrected chi connectivity index (χ0v) is 27.0. The molecule has 1 rings (SSSR count). The molecule has 0 atom stereocenters. The molecule has 228 valence electrons. The summed E-state index contributed by atoms with van der Waals surface area (Å²) in [5, 5.41) is 0. The number of aliphatic imine (C=N–C) groups is 1. The molecule has 0 saturated heterocycles. The Balaban J connectivity index is 1.96. The molecule has 0 radical (unpaired) electrons. The highest BCUT2D eigenvalue weighted by molar-refractivity contribution is 5.50. The van der Waals surface area contributed by atoms with Crippen LogP contribution in [0.2, 0.25) is 0 Å². The van der Waals surface area contributed by atoms with Crippen molar-refractivity contribution in [1.29, 1.82) is 0 Å². The zero-order valence-electron chi connectivity index (χ0n) is 27.0. The summed E-state index contributed by atoms with van der Waals surface area (Å²) in [6.45, 7) is 6.67. The summed E-state index contributed by atoms with van der Waals surface area (Å²) in [5.74, 6) is 0. The fourth-order valence-electron chi connectivity index (χ4n) is 5.88. The molecule has 39 heavy (non-hydrogen) atoms. The van der Waals surface area contributed by atoms with Gasteiger partial charge in [0, 0.05) is 0 Å². The van der Waals surface area contributed by atoms with E-state index in [1.165, 1.54) is 180 Å². The van der Waals surface area contributed by atoms with Crippen molar-refractivity contribution in [3.05, 3.63) is 24.6 Å². The maximum absolute atomic E-state index is 4.56. The largest absolute Gasteiger partial charge is 0.235 e. The van der Waals surface area contributed by atoms with Gasteiger partial charge in [0.1, 0.15) is 18.9 Å². The maximum Gasteiger partial charge on any atom is 0.194 e. The molecule has 1 aliphatic rings. The van der Waals surface area contributed by atoms with Gasteiger partial charge in [-0.3, -0.25) is 0 Å². The summed E-state index contributed by atoms with van der Waals surface area (Å²) in [7, 11) is 0. The van der Waals surface area contributed by atoms with E-state index in [2.05, 4.69) is 49.7 Å². The van der Waals surface area contributed by atoms with Crippen LogP contribution in [0, 0.1) is 0 Å². The predicted octanol–water partition coefficient (Wildman–Crippen LogP) is 12.8. The van der Waals surface area contributed by atoms with Gasteiger partial charge < -0.3 is 0 Å². The van der Waals surface area contributed by atoms with Crippen LogP contribution in [0.1, 0.15) is 194 Å². The van der Waals surface area contributed by atoms with E-state index < -0.39 is 0 Å². The number of nitrogens with zero attached hydrogens (tertiary/aromatic N) is 2. The SMILES string of the molecule is CCCCCCCCCCCCCCCC=C[N+]1(C=CCCCCCCCCCCCCCCC)C=NCC1. The van der Waals surface area contributed by atoms with Gasteiger partial charge in [-0.25, -0.2) is 9.48 Å². The molecular weight excluding hydrogens is 472 g/mol. The molecule has 0 aromatic rings. The Labute approximate surface area is 246 Å². The molecule has 0 aliphatic carbocycles. The van der Waals surface area contributed by atoms with Crippen molar-refractivity contribution in [2.45, 2.75) is 194 Å². The molecule has 0 unspecified atom stereocenters. The third-order valence-corrected chi connectivity index (χ3v) is 8.63. The van der Waals surface area contributed by atoms with Crippen molar-refractivity contribution in [3.63, 3.8) is 0 Å². The van der Waals surface area contributed by atoms with Crippen LogP contribution in [0.3, 0.4) is 0 Å². The first-order valence-electron chi connectivity index (χ1n) is 18.1. The lowest BCUT2D eigenvalue weighted by Crippen LogP contribution is -2.33. The number of quaternary nitrogens is 1. The van der Waals surface area contributed by atoms with E-state index in [1.54, 1.807) is 0 Å². The summed E-state index contributed by atoms with van der Waals surface area (Å²) in [6, 6.07) is 0. The van der Waals surface area contributed by atoms with Crippen LogP contribution in [-0.2, 0) is 0 Å². The second-order valence-corrected chi connectivity index (χ2v) is 12.6. The molecule has 0 spiro atoms. The highest BCUT2D eigenvalue weighted by atomic mass is 15.4. The van der Waals surface area contributed by atoms with Crippen molar-refractivity contribution in [1.82, 2.24) is 0 Å². The Morgan fingerprint density at radius 3 is 1.05 bits per heavy atom. The van der Waals surface area contributed by atoms with E-state index in [9.17, 15) is 0 Å². The van der Waals surface area contributed by atoms with Crippen LogP contribution >= 0.6 is 0 Å². The van der Waals surface area contributed by atoms with Gasteiger partial charge in [-0.2, -0.15) is 0 Å². The first-order valence-corrected chi connectivity index (χ1v) is 18.1. The molecule has 0 aromatic carbocycles. The van der Waals surface area contributed by atoms with Crippen LogP contribution < -0.4 is 0 Å². The van der Waals surface area contributed by atoms with E-state index in [1.807, 2.05) is 0 Å². The van der Waals surface area contributed by atoms with Gasteiger partial charge in [0.05, 0.1) is 6.54 Å². The number of hydrogen-bond acceptors (Lipinski definition) is 1. The molecule has 0 N–H and O–H groups in total. The highest BCUT2D eigenvalue weighted by Gasteiger charge is 2.23. The van der Waals surface area contributed by atoms with Gasteiger partial charge >= 0.3 is 0 Å². The number of unbranched alkanes of at least 4 members (excludes halogenated alkanes) is 26. The van der Waals surface area contributed by atoms with E-state index in [-0.39, 0.29) is 0 Å². The second-order valence-electron chi connectivity index (χ2n) is 12.6. The van der Waals surface area contributed by atoms with Crippen molar-refractivity contribution >= 4 is 6.34 Å². The molecule has 0 aromatic heterocycles. The average molecular weight is 544 g/mol. The number of hydrogen-bond donors (Lipinski definition) is 0. The molecule has 2 heteroatoms. The van der Waals surface area contributed by atoms with Crippen molar-refractivity contribution < 1.29 is 4.48 Å². The normalized spacial score (nSPS) is 17.4. The molecular formula is C37H71N2+. The third kappa shape index (κ3) is 23.5. The average Bonchev–Trinajstić information content (AvgIpc) is 3.42. The molecule has 1 aliphatic heterocycles. The van der Waals surface area contributed by atoms with Crippen LogP contribution in [-0.4, -0.2) is 23.9 Å². The summed E-state index contributed by atoms with van der Waals surface area (Å²) < 4.78 is 0.844. The van der Waals surface area contributed by atoms with E-state index in [0.717, 1.165) is 17.6 Å². The minimum atomic E-state index is 0.844. The summed E-state index contributed by atoms with van der Waals surface area (Å²) in [6.07, 6.45) is 51.4. The Hall–Kier alpha value is -0.890. The molecule has 1 heterocycles. The molecule has 0 amide bonds. The van der Waals surface area contributed by atoms with Gasteiger partial charge in [0.15, 0.2) is 6.34 Å². The summed E-state index contributed by atoms with van der Waals surface area (Å²) in [5.41, 5.74) is 0. The molecule has 0 bridgehead atoms. The first-order chi connectivity index (χ1) is 19.3. The Morgan fingerprint density at radius 1 is 0.462 bits per heavy atom. The Morgan fingerprint density at radius 2 is 0.769 bits per heavy atom. The molecule has 0 fully saturated rings. The van der Waals surface area contributed by atoms with Gasteiger partial charge in [0.25, 0.3) is 0 Å². The van der Waals surface area contributed by atoms with Gasteiger partial charge in [-0.15, -0.1) is 0 Å². The zero-order chi connectivity index (χ0) is 28.0. The quantitative estimate of drug-likeness (QED) is 0.0631. The highest BCUT2D eigenvalue weighted by Crippen LogP contribution is 2.17. The lowest BCUT2D eigenvalue weighted by molar-refractivity contribution is -0.716. The Bertz CT molecular complexity index is 536. The number of rotatable bonds is 30. The lowest BCUT2D eigenvalue weighted by atomic mass is 10.0. The molecule has 0 saturated carbocycles. The first kappa shape index (κ1) is 36.1. The van der Waals surface area contributed by atoms with Crippen molar-refractivity contribution in [2.24, 2.45) is 4.99 Å². The predicted molar refractivity (Wildman–Crippen MR) is 177 cm³/mol. The van der Waals surface area contributed by atoms with Crippen LogP contribution in [0.5, 0.6) is 0 Å². The van der Waals surface area contributed by atoms with Gasteiger partial charge in [-0.1, -0.05) is 168 Å². The standard InChI is InChI=1S/C37H71N2/c1-3-5-7-9-11-13-15-17-19-21-23-25-27-29-31-34-39(36-33-38-37-39)35-32-30-28-26-24-22-20-18-16-14-12-10-8-6-4-2/h31-32,34-35,37H,3-30,33,36H2,1-2H3/q+1. The summed E-state index contributed by atoms with van der Waals surface area (Å²) in [4.78, 5) is 4.56. The lowest BCUT2D eigenvalue weighted by Gasteiger charge is -2.20. The van der Waals surface area contributed by atoms with Crippen LogP contribution in [0.4, 0.5) is 0 Å². The van der Waals surface area contributed by atoms with Crippen LogP contribution in [0.25, 0.3) is 0 Å². The van der Waals surface area contributed by atoms with Gasteiger partial charge in [-0.05, 0) is 37.8 Å². The monoisotopic (exact) mass is 544 g/mol. The van der Waals surface area contributed by atoms with E-state index in [4.69, 9.17) is 0 Å². The molecule has 2 nitrogen and oxygen atoms in total. The summed E-state index contributed by atoms with van der Waals surface area (Å²) >= 11 is 0. The minimum absolute atomic E-state index is 0.844. The van der Waals surface area contributed by atoms with Crippen LogP contribution in [0.15, 0.2) is 29.5 Å². The van der Waals surface area contributed by atoms with Crippen molar-refractivity contribution in [3.8, 4) is 0 Å². The fraction of sp³-hybridized carbons (Fsp3) is 0.865. The van der Waals surface area contributed by atoms with Gasteiger partial charge in [0.2, 0.25) is 0 Å². The van der Waals surface area contributed by atoms with E-state index in [0.29, 0.717) is 0 Å². The smallest absolute Gasteiger partial charge is 0.194 e. The van der Waals surface area contributed by atoms with E-state index >= 15 is 0 Å². The van der Waals surface area contributed by atoms with Crippen molar-refractivity contribution in [2.75, 3.05) is 13.1 Å². The second kappa shape index (κ2) is 28.6. The third-order valence-electron chi connectivity index (χ3n) is 8.63.